The fourth-order valence-electron chi connectivity index (χ4n) is 2.78. The predicted molar refractivity (Wildman–Crippen MR) is 110 cm³/mol. The molecule has 0 unspecified atom stereocenters. The first-order chi connectivity index (χ1) is 11.9. The predicted octanol–water partition coefficient (Wildman–Crippen LogP) is 5.34. The van der Waals surface area contributed by atoms with Crippen LogP contribution in [0, 0.1) is 6.92 Å². The quantitative estimate of drug-likeness (QED) is 0.545. The molecular weight excluding hydrogens is 352 g/mol. The van der Waals surface area contributed by atoms with Crippen LogP contribution in [0.15, 0.2) is 24.3 Å². The molecule has 0 radical (unpaired) electrons. The van der Waals surface area contributed by atoms with E-state index in [1.165, 1.54) is 24.0 Å². The number of thiocarbonyl (C=S) groups is 1. The van der Waals surface area contributed by atoms with E-state index in [1.54, 1.807) is 0 Å². The molecule has 0 saturated heterocycles. The summed E-state index contributed by atoms with van der Waals surface area (Å²) in [6, 6.07) is 8.07. The highest BCUT2D eigenvalue weighted by atomic mass is 32.1. The highest BCUT2D eigenvalue weighted by molar-refractivity contribution is 7.80. The second kappa shape index (κ2) is 8.45. The van der Waals surface area contributed by atoms with Crippen LogP contribution in [0.2, 0.25) is 0 Å². The van der Waals surface area contributed by atoms with Crippen LogP contribution in [0.1, 0.15) is 53.1 Å². The summed E-state index contributed by atoms with van der Waals surface area (Å²) < 4.78 is 4.95. The van der Waals surface area contributed by atoms with E-state index in [2.05, 4.69) is 30.5 Å². The van der Waals surface area contributed by atoms with Gasteiger partial charge in [0.25, 0.3) is 0 Å². The topological polar surface area (TPSA) is 50.4 Å². The molecule has 2 rings (SSSR count). The number of methoxy groups -OCH3 is 1. The molecule has 0 bridgehead atoms. The summed E-state index contributed by atoms with van der Waals surface area (Å²) in [5.41, 5.74) is 3.74. The van der Waals surface area contributed by atoms with Gasteiger partial charge in [-0.25, -0.2) is 4.79 Å². The van der Waals surface area contributed by atoms with E-state index in [0.29, 0.717) is 16.6 Å². The molecule has 1 heterocycles. The number of nitrogens with one attached hydrogen (secondary N) is 2. The Morgan fingerprint density at radius 3 is 2.56 bits per heavy atom. The monoisotopic (exact) mass is 376 g/mol. The number of hydrogen-bond donors (Lipinski definition) is 2. The van der Waals surface area contributed by atoms with Crippen molar-refractivity contribution < 1.29 is 9.53 Å². The minimum atomic E-state index is -0.339. The van der Waals surface area contributed by atoms with Gasteiger partial charge in [0.1, 0.15) is 5.00 Å². The van der Waals surface area contributed by atoms with E-state index in [9.17, 15) is 4.79 Å². The fraction of sp³-hybridized carbons (Fsp3) is 0.368. The van der Waals surface area contributed by atoms with Crippen LogP contribution in [0.4, 0.5) is 10.7 Å². The van der Waals surface area contributed by atoms with Gasteiger partial charge in [0, 0.05) is 10.6 Å². The highest BCUT2D eigenvalue weighted by Crippen LogP contribution is 2.34. The second-order valence-corrected chi connectivity index (χ2v) is 7.64. The van der Waals surface area contributed by atoms with Gasteiger partial charge in [-0.2, -0.15) is 0 Å². The average Bonchev–Trinajstić information content (AvgIpc) is 2.89. The molecule has 25 heavy (non-hydrogen) atoms. The van der Waals surface area contributed by atoms with Crippen LogP contribution in [0.25, 0.3) is 0 Å². The van der Waals surface area contributed by atoms with Crippen LogP contribution < -0.4 is 10.6 Å². The standard InChI is InChI=1S/C19H24N2O2S2/c1-6-13-12(4)25-17(16(13)18(22)23-5)21-19(24)20-15-10-8-7-9-14(15)11(2)3/h7-11H,6H2,1-5H3,(H2,20,21,24). The first-order valence-corrected chi connectivity index (χ1v) is 9.49. The lowest BCUT2D eigenvalue weighted by molar-refractivity contribution is 0.0601. The van der Waals surface area contributed by atoms with Gasteiger partial charge in [0.05, 0.1) is 12.7 Å². The van der Waals surface area contributed by atoms with E-state index in [-0.39, 0.29) is 5.97 Å². The maximum Gasteiger partial charge on any atom is 0.341 e. The zero-order valence-corrected chi connectivity index (χ0v) is 16.9. The van der Waals surface area contributed by atoms with Crippen molar-refractivity contribution in [1.82, 2.24) is 0 Å². The third kappa shape index (κ3) is 4.38. The summed E-state index contributed by atoms with van der Waals surface area (Å²) in [6.07, 6.45) is 0.769. The Morgan fingerprint density at radius 2 is 1.96 bits per heavy atom. The van der Waals surface area contributed by atoms with Gasteiger partial charge >= 0.3 is 5.97 Å². The molecule has 0 aliphatic heterocycles. The third-order valence-corrected chi connectivity index (χ3v) is 5.28. The normalized spacial score (nSPS) is 10.6. The summed E-state index contributed by atoms with van der Waals surface area (Å²) in [7, 11) is 1.40. The Morgan fingerprint density at radius 1 is 1.28 bits per heavy atom. The Labute approximate surface area is 158 Å². The van der Waals surface area contributed by atoms with Gasteiger partial charge in [-0.15, -0.1) is 11.3 Å². The maximum atomic E-state index is 12.2. The Kier molecular flexibility index (Phi) is 6.56. The Hall–Kier alpha value is -1.92. The molecule has 4 nitrogen and oxygen atoms in total. The summed E-state index contributed by atoms with van der Waals surface area (Å²) in [5.74, 6) is 0.0434. The van der Waals surface area contributed by atoms with Crippen LogP contribution in [-0.4, -0.2) is 18.2 Å². The van der Waals surface area contributed by atoms with Gasteiger partial charge in [-0.05, 0) is 48.7 Å². The summed E-state index contributed by atoms with van der Waals surface area (Å²) >= 11 is 6.99. The van der Waals surface area contributed by atoms with Gasteiger partial charge < -0.3 is 15.4 Å². The number of para-hydroxylation sites is 1. The molecule has 1 aromatic heterocycles. The number of benzene rings is 1. The number of esters is 1. The van der Waals surface area contributed by atoms with Crippen molar-refractivity contribution in [3.8, 4) is 0 Å². The lowest BCUT2D eigenvalue weighted by Crippen LogP contribution is -2.21. The summed E-state index contributed by atoms with van der Waals surface area (Å²) in [6.45, 7) is 8.32. The maximum absolute atomic E-state index is 12.2. The minimum absolute atomic E-state index is 0.339. The molecule has 134 valence electrons. The molecule has 2 N–H and O–H groups in total. The number of ether oxygens (including phenoxy) is 1. The van der Waals surface area contributed by atoms with Crippen molar-refractivity contribution in [3.63, 3.8) is 0 Å². The van der Waals surface area contributed by atoms with Crippen LogP contribution >= 0.6 is 23.6 Å². The number of carbonyl (C=O) groups excluding carboxylic acids is 1. The first kappa shape index (κ1) is 19.4. The number of carbonyl (C=O) groups is 1. The van der Waals surface area contributed by atoms with Gasteiger partial charge in [0.15, 0.2) is 5.11 Å². The van der Waals surface area contributed by atoms with Crippen molar-refractivity contribution in [2.75, 3.05) is 17.7 Å². The van der Waals surface area contributed by atoms with Crippen LogP contribution in [0.3, 0.4) is 0 Å². The van der Waals surface area contributed by atoms with Crippen LogP contribution in [-0.2, 0) is 11.2 Å². The van der Waals surface area contributed by atoms with Crippen molar-refractivity contribution in [2.45, 2.75) is 40.0 Å². The van der Waals surface area contributed by atoms with Crippen molar-refractivity contribution in [3.05, 3.63) is 45.8 Å². The first-order valence-electron chi connectivity index (χ1n) is 8.26. The molecule has 0 fully saturated rings. The molecule has 0 aliphatic rings. The van der Waals surface area contributed by atoms with Crippen LogP contribution in [0.5, 0.6) is 0 Å². The summed E-state index contributed by atoms with van der Waals surface area (Å²) in [4.78, 5) is 13.3. The molecular formula is C19H24N2O2S2. The SMILES string of the molecule is CCc1c(C)sc(NC(=S)Nc2ccccc2C(C)C)c1C(=O)OC. The van der Waals surface area contributed by atoms with E-state index in [1.807, 2.05) is 32.0 Å². The fourth-order valence-corrected chi connectivity index (χ4v) is 4.20. The Balaban J connectivity index is 2.26. The van der Waals surface area contributed by atoms with Crippen molar-refractivity contribution >= 4 is 45.3 Å². The second-order valence-electron chi connectivity index (χ2n) is 6.01. The molecule has 0 amide bonds. The lowest BCUT2D eigenvalue weighted by atomic mass is 10.0. The van der Waals surface area contributed by atoms with E-state index < -0.39 is 0 Å². The number of thiophene rings is 1. The zero-order chi connectivity index (χ0) is 18.6. The number of anilines is 2. The Bertz CT molecular complexity index is 782. The van der Waals surface area contributed by atoms with E-state index in [0.717, 1.165) is 27.5 Å². The van der Waals surface area contributed by atoms with Crippen molar-refractivity contribution in [1.29, 1.82) is 0 Å². The molecule has 0 atom stereocenters. The van der Waals surface area contributed by atoms with Gasteiger partial charge in [-0.1, -0.05) is 39.0 Å². The molecule has 2 aromatic rings. The van der Waals surface area contributed by atoms with E-state index in [4.69, 9.17) is 17.0 Å². The highest BCUT2D eigenvalue weighted by Gasteiger charge is 2.22. The molecule has 1 aromatic carbocycles. The zero-order valence-electron chi connectivity index (χ0n) is 15.2. The number of aryl methyl sites for hydroxylation is 1. The van der Waals surface area contributed by atoms with Gasteiger partial charge in [0.2, 0.25) is 0 Å². The van der Waals surface area contributed by atoms with Crippen molar-refractivity contribution in [2.24, 2.45) is 0 Å². The smallest absolute Gasteiger partial charge is 0.341 e. The number of rotatable bonds is 5. The van der Waals surface area contributed by atoms with Gasteiger partial charge in [-0.3, -0.25) is 0 Å². The minimum Gasteiger partial charge on any atom is -0.465 e. The third-order valence-electron chi connectivity index (χ3n) is 4.01. The molecule has 0 aliphatic carbocycles. The largest absolute Gasteiger partial charge is 0.465 e. The lowest BCUT2D eigenvalue weighted by Gasteiger charge is -2.16. The molecule has 0 saturated carbocycles. The number of hydrogen-bond acceptors (Lipinski definition) is 4. The molecule has 0 spiro atoms. The average molecular weight is 377 g/mol. The molecule has 6 heteroatoms. The van der Waals surface area contributed by atoms with E-state index >= 15 is 0 Å². The summed E-state index contributed by atoms with van der Waals surface area (Å²) in [5, 5.41) is 7.60.